The number of amides is 1. The average molecular weight is 249 g/mol. The zero-order valence-electron chi connectivity index (χ0n) is 10.6. The van der Waals surface area contributed by atoms with E-state index in [-0.39, 0.29) is 22.4 Å². The number of hydrogen-bond acceptors (Lipinski definition) is 3. The van der Waals surface area contributed by atoms with E-state index >= 15 is 0 Å². The summed E-state index contributed by atoms with van der Waals surface area (Å²) in [4.78, 5) is 25.9. The van der Waals surface area contributed by atoms with Crippen LogP contribution < -0.4 is 16.2 Å². The van der Waals surface area contributed by atoms with Gasteiger partial charge in [-0.15, -0.1) is 0 Å². The molecule has 0 aliphatic carbocycles. The Bertz CT molecular complexity index is 475. The molecule has 1 saturated heterocycles. The van der Waals surface area contributed by atoms with Crippen LogP contribution in [0.2, 0.25) is 0 Å². The fraction of sp³-hybridized carbons (Fsp3) is 0.538. The lowest BCUT2D eigenvalue weighted by Crippen LogP contribution is -2.43. The van der Waals surface area contributed by atoms with Gasteiger partial charge in [0.1, 0.15) is 5.56 Å². The van der Waals surface area contributed by atoms with Crippen molar-refractivity contribution in [3.63, 3.8) is 0 Å². The molecular weight excluding hydrogens is 230 g/mol. The summed E-state index contributed by atoms with van der Waals surface area (Å²) in [5, 5.41) is 6.16. The number of carbonyl (C=O) groups excluding carboxylic acids is 1. The monoisotopic (exact) mass is 249 g/mol. The highest BCUT2D eigenvalue weighted by atomic mass is 16.2. The second-order valence-corrected chi connectivity index (χ2v) is 5.16. The number of aromatic amines is 1. The number of piperidine rings is 1. The predicted octanol–water partition coefficient (Wildman–Crippen LogP) is 0.494. The summed E-state index contributed by atoms with van der Waals surface area (Å²) in [5.41, 5.74) is -0.0388. The Hall–Kier alpha value is -1.62. The maximum Gasteiger partial charge on any atom is 0.260 e. The Balaban J connectivity index is 1.96. The summed E-state index contributed by atoms with van der Waals surface area (Å²) in [7, 11) is 0. The Morgan fingerprint density at radius 1 is 1.44 bits per heavy atom. The van der Waals surface area contributed by atoms with Crippen LogP contribution in [0.4, 0.5) is 0 Å². The van der Waals surface area contributed by atoms with Gasteiger partial charge in [-0.1, -0.05) is 6.92 Å². The lowest BCUT2D eigenvalue weighted by Gasteiger charge is -2.34. The van der Waals surface area contributed by atoms with Crippen LogP contribution in [-0.4, -0.2) is 30.5 Å². The fourth-order valence-electron chi connectivity index (χ4n) is 2.20. The molecule has 0 spiro atoms. The van der Waals surface area contributed by atoms with Crippen LogP contribution in [0.1, 0.15) is 30.1 Å². The summed E-state index contributed by atoms with van der Waals surface area (Å²) in [6.07, 6.45) is 3.60. The third-order valence-corrected chi connectivity index (χ3v) is 3.55. The van der Waals surface area contributed by atoms with Gasteiger partial charge in [0.2, 0.25) is 0 Å². The van der Waals surface area contributed by atoms with E-state index in [2.05, 4.69) is 22.5 Å². The summed E-state index contributed by atoms with van der Waals surface area (Å²) < 4.78 is 0. The number of rotatable bonds is 3. The van der Waals surface area contributed by atoms with Crippen molar-refractivity contribution in [1.29, 1.82) is 0 Å². The standard InChI is InChI=1S/C13H19N3O2/c1-13(4-7-14-8-5-13)9-16-12(18)10-3-2-6-15-11(10)17/h2-3,6,14H,4-5,7-9H2,1H3,(H,15,17)(H,16,18). The molecule has 1 aromatic heterocycles. The Kier molecular flexibility index (Phi) is 3.81. The topological polar surface area (TPSA) is 74.0 Å². The zero-order chi connectivity index (χ0) is 13.0. The molecule has 0 saturated carbocycles. The first-order chi connectivity index (χ1) is 8.61. The molecule has 1 aliphatic heterocycles. The molecule has 1 aromatic rings. The maximum atomic E-state index is 11.9. The normalized spacial score (nSPS) is 18.3. The molecule has 0 bridgehead atoms. The van der Waals surface area contributed by atoms with Crippen LogP contribution in [0.25, 0.3) is 0 Å². The van der Waals surface area contributed by atoms with Crippen molar-refractivity contribution >= 4 is 5.91 Å². The fourth-order valence-corrected chi connectivity index (χ4v) is 2.20. The quantitative estimate of drug-likeness (QED) is 0.730. The predicted molar refractivity (Wildman–Crippen MR) is 69.6 cm³/mol. The van der Waals surface area contributed by atoms with E-state index in [1.807, 2.05) is 0 Å². The van der Waals surface area contributed by atoms with Gasteiger partial charge in [-0.2, -0.15) is 0 Å². The summed E-state index contributed by atoms with van der Waals surface area (Å²) in [6.45, 7) is 4.75. The van der Waals surface area contributed by atoms with Crippen molar-refractivity contribution in [2.75, 3.05) is 19.6 Å². The number of carbonyl (C=O) groups is 1. The second kappa shape index (κ2) is 5.35. The molecule has 0 atom stereocenters. The molecule has 18 heavy (non-hydrogen) atoms. The van der Waals surface area contributed by atoms with Crippen LogP contribution in [0, 0.1) is 5.41 Å². The van der Waals surface area contributed by atoms with Gasteiger partial charge in [0.15, 0.2) is 0 Å². The molecule has 0 aromatic carbocycles. The van der Waals surface area contributed by atoms with E-state index in [4.69, 9.17) is 0 Å². The molecule has 0 radical (unpaired) electrons. The lowest BCUT2D eigenvalue weighted by atomic mass is 9.81. The second-order valence-electron chi connectivity index (χ2n) is 5.16. The first-order valence-electron chi connectivity index (χ1n) is 6.27. The molecule has 1 aliphatic rings. The molecule has 5 nitrogen and oxygen atoms in total. The maximum absolute atomic E-state index is 11.9. The van der Waals surface area contributed by atoms with Gasteiger partial charge in [-0.3, -0.25) is 9.59 Å². The minimum absolute atomic E-state index is 0.127. The van der Waals surface area contributed by atoms with Crippen LogP contribution in [0.15, 0.2) is 23.1 Å². The Labute approximate surface area is 106 Å². The van der Waals surface area contributed by atoms with Gasteiger partial charge < -0.3 is 15.6 Å². The molecule has 98 valence electrons. The Morgan fingerprint density at radius 3 is 2.83 bits per heavy atom. The van der Waals surface area contributed by atoms with E-state index in [9.17, 15) is 9.59 Å². The summed E-state index contributed by atoms with van der Waals surface area (Å²) >= 11 is 0. The summed E-state index contributed by atoms with van der Waals surface area (Å²) in [5.74, 6) is -0.295. The number of aromatic nitrogens is 1. The van der Waals surface area contributed by atoms with Gasteiger partial charge in [-0.05, 0) is 43.5 Å². The van der Waals surface area contributed by atoms with E-state index in [1.165, 1.54) is 6.20 Å². The highest BCUT2D eigenvalue weighted by Crippen LogP contribution is 2.26. The minimum Gasteiger partial charge on any atom is -0.351 e. The van der Waals surface area contributed by atoms with Crippen molar-refractivity contribution < 1.29 is 4.79 Å². The molecule has 0 unspecified atom stereocenters. The van der Waals surface area contributed by atoms with Crippen molar-refractivity contribution in [2.24, 2.45) is 5.41 Å². The third-order valence-electron chi connectivity index (χ3n) is 3.55. The van der Waals surface area contributed by atoms with E-state index in [1.54, 1.807) is 12.1 Å². The van der Waals surface area contributed by atoms with Gasteiger partial charge in [0.25, 0.3) is 11.5 Å². The average Bonchev–Trinajstić information content (AvgIpc) is 2.38. The van der Waals surface area contributed by atoms with E-state index < -0.39 is 0 Å². The van der Waals surface area contributed by atoms with Crippen LogP contribution in [0.5, 0.6) is 0 Å². The van der Waals surface area contributed by atoms with E-state index in [0.29, 0.717) is 6.54 Å². The Morgan fingerprint density at radius 2 is 2.17 bits per heavy atom. The minimum atomic E-state index is -0.342. The highest BCUT2D eigenvalue weighted by Gasteiger charge is 2.27. The highest BCUT2D eigenvalue weighted by molar-refractivity contribution is 5.93. The molecule has 1 amide bonds. The lowest BCUT2D eigenvalue weighted by molar-refractivity contribution is 0.0920. The third kappa shape index (κ3) is 2.98. The molecule has 2 heterocycles. The molecule has 1 fully saturated rings. The number of pyridine rings is 1. The largest absolute Gasteiger partial charge is 0.351 e. The first kappa shape index (κ1) is 12.8. The summed E-state index contributed by atoms with van der Waals surface area (Å²) in [6, 6.07) is 3.20. The van der Waals surface area contributed by atoms with Gasteiger partial charge in [0, 0.05) is 12.7 Å². The smallest absolute Gasteiger partial charge is 0.260 e. The number of hydrogen-bond donors (Lipinski definition) is 3. The van der Waals surface area contributed by atoms with Gasteiger partial charge in [-0.25, -0.2) is 0 Å². The molecule has 5 heteroatoms. The van der Waals surface area contributed by atoms with Crippen molar-refractivity contribution in [1.82, 2.24) is 15.6 Å². The van der Waals surface area contributed by atoms with E-state index in [0.717, 1.165) is 25.9 Å². The van der Waals surface area contributed by atoms with Crippen molar-refractivity contribution in [3.8, 4) is 0 Å². The molecular formula is C13H19N3O2. The van der Waals surface area contributed by atoms with Gasteiger partial charge >= 0.3 is 0 Å². The number of nitrogens with one attached hydrogen (secondary N) is 3. The SMILES string of the molecule is CC1(CNC(=O)c2ccc[nH]c2=O)CCNCC1. The molecule has 2 rings (SSSR count). The van der Waals surface area contributed by atoms with Gasteiger partial charge in [0.05, 0.1) is 0 Å². The van der Waals surface area contributed by atoms with Crippen LogP contribution in [-0.2, 0) is 0 Å². The van der Waals surface area contributed by atoms with Crippen molar-refractivity contribution in [3.05, 3.63) is 34.2 Å². The number of H-pyrrole nitrogens is 1. The van der Waals surface area contributed by atoms with Crippen molar-refractivity contribution in [2.45, 2.75) is 19.8 Å². The first-order valence-corrected chi connectivity index (χ1v) is 6.27. The zero-order valence-corrected chi connectivity index (χ0v) is 10.6. The van der Waals surface area contributed by atoms with Crippen LogP contribution in [0.3, 0.4) is 0 Å². The van der Waals surface area contributed by atoms with Crippen LogP contribution >= 0.6 is 0 Å². The molecule has 3 N–H and O–H groups in total.